The van der Waals surface area contributed by atoms with Gasteiger partial charge < -0.3 is 20.2 Å². The van der Waals surface area contributed by atoms with E-state index in [1.165, 1.54) is 22.7 Å². The van der Waals surface area contributed by atoms with Gasteiger partial charge in [-0.3, -0.25) is 19.3 Å². The van der Waals surface area contributed by atoms with Crippen molar-refractivity contribution in [2.24, 2.45) is 5.92 Å². The second kappa shape index (κ2) is 13.9. The van der Waals surface area contributed by atoms with Gasteiger partial charge in [0.25, 0.3) is 17.9 Å². The third kappa shape index (κ3) is 7.01. The summed E-state index contributed by atoms with van der Waals surface area (Å²) in [5.74, 6) is -0.588. The highest BCUT2D eigenvalue weighted by Gasteiger charge is 2.34. The Morgan fingerprint density at radius 3 is 2.47 bits per heavy atom. The summed E-state index contributed by atoms with van der Waals surface area (Å²) in [7, 11) is 0. The summed E-state index contributed by atoms with van der Waals surface area (Å²) in [6.07, 6.45) is -1.18. The highest BCUT2D eigenvalue weighted by Crippen LogP contribution is 2.37. The van der Waals surface area contributed by atoms with Gasteiger partial charge in [-0.05, 0) is 75.6 Å². The van der Waals surface area contributed by atoms with E-state index in [0.29, 0.717) is 35.0 Å². The number of benzene rings is 1. The smallest absolute Gasteiger partial charge is 0.282 e. The second-order valence-corrected chi connectivity index (χ2v) is 11.8. The summed E-state index contributed by atoms with van der Waals surface area (Å²) < 4.78 is 41.9. The van der Waals surface area contributed by atoms with Crippen molar-refractivity contribution in [3.05, 3.63) is 75.4 Å². The summed E-state index contributed by atoms with van der Waals surface area (Å²) in [4.78, 5) is 43.0. The number of thioether (sulfide) groups is 1. The van der Waals surface area contributed by atoms with Crippen LogP contribution >= 0.6 is 11.8 Å². The molecule has 0 radical (unpaired) electrons. The van der Waals surface area contributed by atoms with Crippen LogP contribution in [0.3, 0.4) is 0 Å². The van der Waals surface area contributed by atoms with Gasteiger partial charge in [0.2, 0.25) is 12.2 Å². The Kier molecular flexibility index (Phi) is 10.4. The number of hydrogen-bond donors (Lipinski definition) is 3. The molecule has 1 aliphatic rings. The monoisotopic (exact) mass is 617 g/mol. The molecule has 0 spiro atoms. The van der Waals surface area contributed by atoms with Crippen LogP contribution in [-0.2, 0) is 17.9 Å². The summed E-state index contributed by atoms with van der Waals surface area (Å²) in [6.45, 7) is 9.89. The van der Waals surface area contributed by atoms with Crippen molar-refractivity contribution >= 4 is 34.5 Å². The second-order valence-electron chi connectivity index (χ2n) is 10.9. The highest BCUT2D eigenvalue weighted by atomic mass is 32.2. The summed E-state index contributed by atoms with van der Waals surface area (Å²) >= 11 is 1.43. The van der Waals surface area contributed by atoms with Crippen molar-refractivity contribution in [3.8, 4) is 0 Å². The number of aryl methyl sites for hydroxylation is 1. The summed E-state index contributed by atoms with van der Waals surface area (Å²) in [6, 6.07) is 7.42. The number of carbonyl (C=O) groups is 2. The van der Waals surface area contributed by atoms with Gasteiger partial charge in [-0.15, -0.1) is 11.8 Å². The van der Waals surface area contributed by atoms with Crippen LogP contribution in [0.2, 0.25) is 0 Å². The zero-order chi connectivity index (χ0) is 31.4. The number of pyridine rings is 1. The number of carbonyl (C=O) groups excluding carboxylic acids is 2. The topological polar surface area (TPSA) is 99.2 Å². The predicted molar refractivity (Wildman–Crippen MR) is 163 cm³/mol. The molecule has 43 heavy (non-hydrogen) atoms. The Hall–Kier alpha value is -3.51. The van der Waals surface area contributed by atoms with Crippen LogP contribution in [0.4, 0.5) is 13.2 Å². The molecule has 1 saturated heterocycles. The number of nitrogens with zero attached hydrogens (tertiary/aromatic N) is 2. The molecule has 8 nitrogen and oxygen atoms in total. The van der Waals surface area contributed by atoms with Crippen LogP contribution in [0.5, 0.6) is 0 Å². The molecule has 4 rings (SSSR count). The van der Waals surface area contributed by atoms with Crippen molar-refractivity contribution in [1.29, 1.82) is 0 Å². The molecule has 1 aliphatic heterocycles. The lowest BCUT2D eigenvalue weighted by molar-refractivity contribution is -0.116. The fraction of sp³-hybridized carbons (Fsp3) is 0.452. The highest BCUT2D eigenvalue weighted by molar-refractivity contribution is 7.98. The number of aromatic amines is 1. The number of aromatic nitrogens is 2. The van der Waals surface area contributed by atoms with Gasteiger partial charge in [-0.25, -0.2) is 13.2 Å². The van der Waals surface area contributed by atoms with Crippen molar-refractivity contribution in [2.75, 3.05) is 19.3 Å². The third-order valence-electron chi connectivity index (χ3n) is 8.29. The quantitative estimate of drug-likeness (QED) is 0.155. The van der Waals surface area contributed by atoms with E-state index < -0.39 is 12.7 Å². The molecule has 0 saturated carbocycles. The number of hydrogen-bond acceptors (Lipinski definition) is 5. The first kappa shape index (κ1) is 32.4. The Morgan fingerprint density at radius 2 is 1.84 bits per heavy atom. The molecule has 2 aromatic heterocycles. The van der Waals surface area contributed by atoms with Crippen LogP contribution in [0.15, 0.2) is 46.6 Å². The molecule has 3 N–H and O–H groups in total. The summed E-state index contributed by atoms with van der Waals surface area (Å²) in [5, 5.41) is 6.38. The Morgan fingerprint density at radius 1 is 1.14 bits per heavy atom. The van der Waals surface area contributed by atoms with Gasteiger partial charge in [-0.1, -0.05) is 12.6 Å². The Labute approximate surface area is 253 Å². The predicted octanol–water partition coefficient (Wildman–Crippen LogP) is 5.23. The molecule has 1 aromatic carbocycles. The first-order valence-electron chi connectivity index (χ1n) is 14.2. The molecule has 12 heteroatoms. The van der Waals surface area contributed by atoms with Crippen molar-refractivity contribution in [1.82, 2.24) is 25.1 Å². The van der Waals surface area contributed by atoms with Crippen molar-refractivity contribution < 1.29 is 22.8 Å². The number of H-pyrrole nitrogens is 1. The number of piperidine rings is 1. The summed E-state index contributed by atoms with van der Waals surface area (Å²) in [5.41, 5.74) is 3.71. The average Bonchev–Trinajstić information content (AvgIpc) is 3.28. The minimum Gasteiger partial charge on any atom is -0.348 e. The van der Waals surface area contributed by atoms with Gasteiger partial charge in [0.1, 0.15) is 0 Å². The SMILES string of the molecule is C=CC(=O)NCc1ccc2c(c1)c(C(=O)NCc1c(SC)cc(C)[nH]c1=O)c(C)n2C(C)C1CCN(C(F)C(F)F)CC1. The first-order valence-corrected chi connectivity index (χ1v) is 15.4. The van der Waals surface area contributed by atoms with E-state index in [-0.39, 0.29) is 55.5 Å². The van der Waals surface area contributed by atoms with E-state index in [0.717, 1.165) is 21.7 Å². The molecule has 2 unspecified atom stereocenters. The van der Waals surface area contributed by atoms with Crippen LogP contribution < -0.4 is 16.2 Å². The largest absolute Gasteiger partial charge is 0.348 e. The van der Waals surface area contributed by atoms with E-state index in [9.17, 15) is 27.6 Å². The van der Waals surface area contributed by atoms with Crippen LogP contribution in [0.1, 0.15) is 58.7 Å². The van der Waals surface area contributed by atoms with Gasteiger partial charge in [0.15, 0.2) is 0 Å². The molecule has 0 aliphatic carbocycles. The molecular formula is C31H38F3N5O3S. The number of rotatable bonds is 11. The maximum absolute atomic E-state index is 14.0. The zero-order valence-corrected chi connectivity index (χ0v) is 25.6. The third-order valence-corrected chi connectivity index (χ3v) is 9.09. The molecule has 2 atom stereocenters. The number of likely N-dealkylation sites (tertiary alicyclic amines) is 1. The number of alkyl halides is 3. The molecule has 1 fully saturated rings. The molecular weight excluding hydrogens is 579 g/mol. The lowest BCUT2D eigenvalue weighted by atomic mass is 9.89. The number of amides is 2. The standard InChI is InChI=1S/C31H38F3N5O3S/c1-6-26(40)35-15-20-7-8-24-22(14-20)27(31(42)36-16-23-25(43-5)13-17(2)37-30(23)41)19(4)39(24)18(3)21-9-11-38(12-10-21)29(34)28(32)33/h6-8,13-14,18,21,28-29H,1,9-12,15-16H2,2-5H3,(H,35,40)(H,36,42)(H,37,41). The Bertz CT molecular complexity index is 1560. The lowest BCUT2D eigenvalue weighted by Crippen LogP contribution is -2.43. The molecule has 3 aromatic rings. The van der Waals surface area contributed by atoms with E-state index in [2.05, 4.69) is 26.8 Å². The lowest BCUT2D eigenvalue weighted by Gasteiger charge is -2.37. The molecule has 232 valence electrons. The molecule has 3 heterocycles. The van der Waals surface area contributed by atoms with Crippen molar-refractivity contribution in [3.63, 3.8) is 0 Å². The number of halogens is 3. The van der Waals surface area contributed by atoms with Crippen LogP contribution in [0, 0.1) is 19.8 Å². The first-order chi connectivity index (χ1) is 20.5. The molecule has 2 amide bonds. The van der Waals surface area contributed by atoms with E-state index in [1.807, 2.05) is 44.4 Å². The number of fused-ring (bicyclic) bond motifs is 1. The Balaban J connectivity index is 1.68. The van der Waals surface area contributed by atoms with Gasteiger partial charge in [0.05, 0.1) is 5.56 Å². The minimum absolute atomic E-state index is 0.0361. The normalized spacial score (nSPS) is 15.9. The maximum Gasteiger partial charge on any atom is 0.282 e. The fourth-order valence-corrected chi connectivity index (χ4v) is 6.69. The minimum atomic E-state index is -3.04. The fourth-order valence-electron chi connectivity index (χ4n) is 5.98. The van der Waals surface area contributed by atoms with E-state index in [1.54, 1.807) is 6.92 Å². The zero-order valence-electron chi connectivity index (χ0n) is 24.8. The van der Waals surface area contributed by atoms with Crippen LogP contribution in [-0.4, -0.2) is 58.3 Å². The van der Waals surface area contributed by atoms with Gasteiger partial charge in [0, 0.05) is 65.0 Å². The maximum atomic E-state index is 14.0. The van der Waals surface area contributed by atoms with Crippen LogP contribution in [0.25, 0.3) is 10.9 Å². The molecule has 0 bridgehead atoms. The van der Waals surface area contributed by atoms with E-state index >= 15 is 0 Å². The average molecular weight is 618 g/mol. The van der Waals surface area contributed by atoms with E-state index in [4.69, 9.17) is 0 Å². The van der Waals surface area contributed by atoms with Gasteiger partial charge in [-0.2, -0.15) is 0 Å². The van der Waals surface area contributed by atoms with Gasteiger partial charge >= 0.3 is 0 Å². The number of nitrogens with one attached hydrogen (secondary N) is 3. The van der Waals surface area contributed by atoms with Crippen molar-refractivity contribution in [2.45, 2.75) is 70.4 Å².